The van der Waals surface area contributed by atoms with Gasteiger partial charge in [-0.2, -0.15) is 5.10 Å². The number of carboxylic acids is 1. The molecule has 2 N–H and O–H groups in total. The largest absolute Gasteiger partial charge is 0.479 e. The van der Waals surface area contributed by atoms with Gasteiger partial charge < -0.3 is 10.2 Å². The molecule has 14 heavy (non-hydrogen) atoms. The van der Waals surface area contributed by atoms with Gasteiger partial charge in [0.25, 0.3) is 0 Å². The van der Waals surface area contributed by atoms with Crippen LogP contribution < -0.4 is 0 Å². The predicted molar refractivity (Wildman–Crippen MR) is 49.9 cm³/mol. The topological polar surface area (TPSA) is 75.3 Å². The van der Waals surface area contributed by atoms with Crippen LogP contribution in [0.2, 0.25) is 0 Å². The molecule has 1 heterocycles. The molecular formula is C9H14N2O3. The molecule has 5 nitrogen and oxygen atoms in total. The second-order valence-corrected chi connectivity index (χ2v) is 3.10. The highest BCUT2D eigenvalue weighted by Gasteiger charge is 2.15. The lowest BCUT2D eigenvalue weighted by Crippen LogP contribution is -2.23. The van der Waals surface area contributed by atoms with Gasteiger partial charge in [0, 0.05) is 24.9 Å². The van der Waals surface area contributed by atoms with Crippen LogP contribution >= 0.6 is 0 Å². The summed E-state index contributed by atoms with van der Waals surface area (Å²) in [6, 6.07) is 1.72. The smallest absolute Gasteiger partial charge is 0.332 e. The molecule has 1 aromatic heterocycles. The molecule has 0 radical (unpaired) electrons. The molecule has 0 fully saturated rings. The van der Waals surface area contributed by atoms with Crippen molar-refractivity contribution in [1.82, 2.24) is 9.78 Å². The summed E-state index contributed by atoms with van der Waals surface area (Å²) >= 11 is 0. The van der Waals surface area contributed by atoms with E-state index in [-0.39, 0.29) is 6.42 Å². The number of aryl methyl sites for hydroxylation is 1. The molecule has 1 atom stereocenters. The van der Waals surface area contributed by atoms with Gasteiger partial charge in [-0.25, -0.2) is 4.79 Å². The summed E-state index contributed by atoms with van der Waals surface area (Å²) in [7, 11) is 0. The fourth-order valence-corrected chi connectivity index (χ4v) is 1.23. The Hall–Kier alpha value is -1.36. The van der Waals surface area contributed by atoms with Gasteiger partial charge in [-0.15, -0.1) is 0 Å². The van der Waals surface area contributed by atoms with Crippen LogP contribution in [0.3, 0.4) is 0 Å². The second-order valence-electron chi connectivity index (χ2n) is 3.10. The highest BCUT2D eigenvalue weighted by atomic mass is 16.4. The first-order valence-electron chi connectivity index (χ1n) is 4.56. The molecule has 0 saturated carbocycles. The third-order valence-electron chi connectivity index (χ3n) is 1.93. The Bertz CT molecular complexity index is 309. The summed E-state index contributed by atoms with van der Waals surface area (Å²) in [5.41, 5.74) is 0.752. The summed E-state index contributed by atoms with van der Waals surface area (Å²) < 4.78 is 1.71. The lowest BCUT2D eigenvalue weighted by atomic mass is 10.2. The molecule has 1 aromatic rings. The summed E-state index contributed by atoms with van der Waals surface area (Å²) in [4.78, 5) is 10.4. The van der Waals surface area contributed by atoms with Gasteiger partial charge in [0.1, 0.15) is 0 Å². The van der Waals surface area contributed by atoms with E-state index in [2.05, 4.69) is 5.10 Å². The third kappa shape index (κ3) is 2.56. The lowest BCUT2D eigenvalue weighted by molar-refractivity contribution is -0.146. The number of aliphatic carboxylic acids is 1. The Morgan fingerprint density at radius 2 is 2.43 bits per heavy atom. The van der Waals surface area contributed by atoms with Crippen LogP contribution in [0.25, 0.3) is 0 Å². The average molecular weight is 198 g/mol. The molecule has 5 heteroatoms. The van der Waals surface area contributed by atoms with E-state index in [4.69, 9.17) is 10.2 Å². The zero-order valence-corrected chi connectivity index (χ0v) is 8.05. The van der Waals surface area contributed by atoms with Crippen LogP contribution in [0, 0.1) is 0 Å². The van der Waals surface area contributed by atoms with Gasteiger partial charge in [0.05, 0.1) is 0 Å². The van der Waals surface area contributed by atoms with E-state index >= 15 is 0 Å². The molecule has 0 spiro atoms. The summed E-state index contributed by atoms with van der Waals surface area (Å²) in [5.74, 6) is -1.20. The third-order valence-corrected chi connectivity index (χ3v) is 1.93. The number of hydrogen-bond donors (Lipinski definition) is 2. The van der Waals surface area contributed by atoms with Crippen molar-refractivity contribution < 1.29 is 15.0 Å². The summed E-state index contributed by atoms with van der Waals surface area (Å²) in [5, 5.41) is 21.7. The number of aromatic nitrogens is 2. The molecule has 0 aliphatic carbocycles. The van der Waals surface area contributed by atoms with Crippen molar-refractivity contribution in [3.8, 4) is 0 Å². The lowest BCUT2D eigenvalue weighted by Gasteiger charge is -2.07. The van der Waals surface area contributed by atoms with Crippen LogP contribution in [0.15, 0.2) is 12.3 Å². The fourth-order valence-electron chi connectivity index (χ4n) is 1.23. The fraction of sp³-hybridized carbons (Fsp3) is 0.556. The second kappa shape index (κ2) is 4.76. The highest BCUT2D eigenvalue weighted by Crippen LogP contribution is 2.04. The molecule has 0 amide bonds. The molecule has 0 bridgehead atoms. The van der Waals surface area contributed by atoms with Crippen molar-refractivity contribution in [1.29, 1.82) is 0 Å². The first-order valence-corrected chi connectivity index (χ1v) is 4.56. The Morgan fingerprint density at radius 1 is 1.71 bits per heavy atom. The molecule has 1 unspecified atom stereocenters. The molecule has 0 aromatic carbocycles. The maximum absolute atomic E-state index is 10.4. The summed E-state index contributed by atoms with van der Waals surface area (Å²) in [6.07, 6.45) is 1.30. The van der Waals surface area contributed by atoms with Gasteiger partial charge in [-0.1, -0.05) is 6.92 Å². The monoisotopic (exact) mass is 198 g/mol. The zero-order chi connectivity index (χ0) is 10.6. The number of nitrogens with zero attached hydrogens (tertiary/aromatic N) is 2. The molecule has 1 rings (SSSR count). The van der Waals surface area contributed by atoms with Crippen LogP contribution in [0.5, 0.6) is 0 Å². The van der Waals surface area contributed by atoms with E-state index in [0.717, 1.165) is 18.7 Å². The van der Waals surface area contributed by atoms with Crippen molar-refractivity contribution in [2.75, 3.05) is 0 Å². The van der Waals surface area contributed by atoms with E-state index in [0.29, 0.717) is 0 Å². The normalized spacial score (nSPS) is 12.7. The van der Waals surface area contributed by atoms with Crippen molar-refractivity contribution >= 4 is 5.97 Å². The number of aliphatic hydroxyl groups excluding tert-OH is 1. The van der Waals surface area contributed by atoms with Crippen LogP contribution in [-0.2, 0) is 17.8 Å². The molecule has 78 valence electrons. The van der Waals surface area contributed by atoms with Crippen molar-refractivity contribution in [3.63, 3.8) is 0 Å². The van der Waals surface area contributed by atoms with Crippen LogP contribution in [-0.4, -0.2) is 32.1 Å². The number of rotatable bonds is 5. The number of carboxylic acid groups (broad SMARTS) is 1. The first-order chi connectivity index (χ1) is 6.65. The van der Waals surface area contributed by atoms with E-state index in [9.17, 15) is 4.79 Å². The number of aliphatic hydroxyl groups is 1. The van der Waals surface area contributed by atoms with Crippen molar-refractivity contribution in [3.05, 3.63) is 18.0 Å². The van der Waals surface area contributed by atoms with E-state index < -0.39 is 12.1 Å². The zero-order valence-electron chi connectivity index (χ0n) is 8.05. The molecule has 0 saturated heterocycles. The minimum atomic E-state index is -1.35. The Kier molecular flexibility index (Phi) is 3.64. The Labute approximate surface area is 82.0 Å². The van der Waals surface area contributed by atoms with Gasteiger partial charge in [-0.05, 0) is 12.5 Å². The van der Waals surface area contributed by atoms with E-state index in [1.165, 1.54) is 0 Å². The minimum Gasteiger partial charge on any atom is -0.479 e. The summed E-state index contributed by atoms with van der Waals surface area (Å²) in [6.45, 7) is 2.76. The SMILES string of the molecule is CCCn1nccc1CC(O)C(=O)O. The predicted octanol–water partition coefficient (Wildman–Crippen LogP) is 0.281. The maximum atomic E-state index is 10.4. The van der Waals surface area contributed by atoms with Crippen LogP contribution in [0.1, 0.15) is 19.0 Å². The van der Waals surface area contributed by atoms with Crippen molar-refractivity contribution in [2.24, 2.45) is 0 Å². The van der Waals surface area contributed by atoms with Crippen LogP contribution in [0.4, 0.5) is 0 Å². The Morgan fingerprint density at radius 3 is 3.00 bits per heavy atom. The molecule has 0 aliphatic rings. The maximum Gasteiger partial charge on any atom is 0.332 e. The minimum absolute atomic E-state index is 0.106. The van der Waals surface area contributed by atoms with Gasteiger partial charge in [-0.3, -0.25) is 4.68 Å². The van der Waals surface area contributed by atoms with Gasteiger partial charge in [0.2, 0.25) is 0 Å². The Balaban J connectivity index is 2.66. The van der Waals surface area contributed by atoms with Gasteiger partial charge >= 0.3 is 5.97 Å². The van der Waals surface area contributed by atoms with E-state index in [1.807, 2.05) is 6.92 Å². The van der Waals surface area contributed by atoms with E-state index in [1.54, 1.807) is 16.9 Å². The average Bonchev–Trinajstić information content (AvgIpc) is 2.53. The highest BCUT2D eigenvalue weighted by molar-refractivity contribution is 5.72. The quantitative estimate of drug-likeness (QED) is 0.712. The number of carbonyl (C=O) groups is 1. The standard InChI is InChI=1S/C9H14N2O3/c1-2-5-11-7(3-4-10-11)6-8(12)9(13)14/h3-4,8,12H,2,5-6H2,1H3,(H,13,14). The molecule has 0 aliphatic heterocycles. The van der Waals surface area contributed by atoms with Gasteiger partial charge in [0.15, 0.2) is 6.10 Å². The number of hydrogen-bond acceptors (Lipinski definition) is 3. The molecular weight excluding hydrogens is 184 g/mol. The first kappa shape index (κ1) is 10.7. The van der Waals surface area contributed by atoms with Crippen molar-refractivity contribution in [2.45, 2.75) is 32.4 Å².